The van der Waals surface area contributed by atoms with Crippen LogP contribution in [0.3, 0.4) is 0 Å². The summed E-state index contributed by atoms with van der Waals surface area (Å²) >= 11 is 3.30. The van der Waals surface area contributed by atoms with Gasteiger partial charge < -0.3 is 14.6 Å². The Hall–Kier alpha value is -1.07. The molecule has 0 bridgehead atoms. The molecule has 1 rings (SSSR count). The first-order valence-electron chi connectivity index (χ1n) is 4.86. The van der Waals surface area contributed by atoms with E-state index in [2.05, 4.69) is 15.9 Å². The summed E-state index contributed by atoms with van der Waals surface area (Å²) in [7, 11) is 0. The van der Waals surface area contributed by atoms with Crippen LogP contribution in [0.1, 0.15) is 6.92 Å². The number of carboxylic acid groups (broad SMARTS) is 1. The lowest BCUT2D eigenvalue weighted by molar-refractivity contribution is -0.152. The Labute approximate surface area is 102 Å². The maximum absolute atomic E-state index is 10.8. The Bertz CT molecular complexity index is 336. The Morgan fingerprint density at radius 1 is 1.44 bits per heavy atom. The van der Waals surface area contributed by atoms with Gasteiger partial charge in [0.2, 0.25) is 0 Å². The van der Waals surface area contributed by atoms with Crippen LogP contribution in [0.4, 0.5) is 0 Å². The van der Waals surface area contributed by atoms with E-state index in [0.717, 1.165) is 4.47 Å². The number of carbonyl (C=O) groups is 1. The van der Waals surface area contributed by atoms with E-state index in [0.29, 0.717) is 12.4 Å². The highest BCUT2D eigenvalue weighted by atomic mass is 79.9. The lowest BCUT2D eigenvalue weighted by Gasteiger charge is -2.13. The van der Waals surface area contributed by atoms with Crippen LogP contribution >= 0.6 is 15.9 Å². The molecular weight excluding hydrogens is 276 g/mol. The van der Waals surface area contributed by atoms with Crippen molar-refractivity contribution < 1.29 is 19.4 Å². The zero-order valence-corrected chi connectivity index (χ0v) is 10.4. The fourth-order valence-electron chi connectivity index (χ4n) is 1.09. The third kappa shape index (κ3) is 4.20. The molecule has 0 saturated heterocycles. The number of ether oxygens (including phenoxy) is 2. The first kappa shape index (κ1) is 13.0. The lowest BCUT2D eigenvalue weighted by Crippen LogP contribution is -2.30. The van der Waals surface area contributed by atoms with Gasteiger partial charge in [0.25, 0.3) is 0 Å². The molecule has 16 heavy (non-hydrogen) atoms. The van der Waals surface area contributed by atoms with E-state index in [9.17, 15) is 4.79 Å². The van der Waals surface area contributed by atoms with E-state index < -0.39 is 12.1 Å². The molecular formula is C11H13BrO4. The highest BCUT2D eigenvalue weighted by Gasteiger charge is 2.17. The van der Waals surface area contributed by atoms with Crippen LogP contribution in [0.5, 0.6) is 5.75 Å². The van der Waals surface area contributed by atoms with Gasteiger partial charge in [-0.2, -0.15) is 0 Å². The molecule has 0 aliphatic rings. The zero-order chi connectivity index (χ0) is 12.0. The van der Waals surface area contributed by atoms with Crippen molar-refractivity contribution >= 4 is 21.9 Å². The first-order valence-corrected chi connectivity index (χ1v) is 5.65. The van der Waals surface area contributed by atoms with Crippen molar-refractivity contribution in [1.82, 2.24) is 0 Å². The first-order chi connectivity index (χ1) is 7.63. The molecule has 1 atom stereocenters. The lowest BCUT2D eigenvalue weighted by atomic mass is 10.3. The summed E-state index contributed by atoms with van der Waals surface area (Å²) in [6.07, 6.45) is -0.923. The smallest absolute Gasteiger partial charge is 0.336 e. The molecule has 0 spiro atoms. The molecule has 1 aromatic rings. The highest BCUT2D eigenvalue weighted by molar-refractivity contribution is 9.10. The van der Waals surface area contributed by atoms with E-state index in [4.69, 9.17) is 14.6 Å². The molecule has 88 valence electrons. The van der Waals surface area contributed by atoms with Crippen molar-refractivity contribution in [3.63, 3.8) is 0 Å². The fourth-order valence-corrected chi connectivity index (χ4v) is 1.36. The van der Waals surface area contributed by atoms with Crippen molar-refractivity contribution in [3.05, 3.63) is 28.7 Å². The maximum atomic E-state index is 10.8. The molecule has 0 amide bonds. The molecule has 0 aliphatic heterocycles. The second kappa shape index (κ2) is 6.50. The number of aliphatic carboxylic acids is 1. The van der Waals surface area contributed by atoms with Gasteiger partial charge in [-0.05, 0) is 31.2 Å². The largest absolute Gasteiger partial charge is 0.490 e. The summed E-state index contributed by atoms with van der Waals surface area (Å²) in [5, 5.41) is 8.81. The van der Waals surface area contributed by atoms with Crippen LogP contribution < -0.4 is 4.74 Å². The Balaban J connectivity index is 2.48. The average molecular weight is 289 g/mol. The quantitative estimate of drug-likeness (QED) is 0.873. The number of halogens is 1. The molecule has 4 nitrogen and oxygen atoms in total. The molecule has 0 radical (unpaired) electrons. The summed E-state index contributed by atoms with van der Waals surface area (Å²) in [5.74, 6) is -0.395. The molecule has 0 aliphatic carbocycles. The van der Waals surface area contributed by atoms with Crippen LogP contribution in [0.25, 0.3) is 0 Å². The van der Waals surface area contributed by atoms with Gasteiger partial charge in [0.15, 0.2) is 6.10 Å². The van der Waals surface area contributed by atoms with E-state index in [1.165, 1.54) is 0 Å². The van der Waals surface area contributed by atoms with Gasteiger partial charge in [-0.1, -0.05) is 15.9 Å². The third-order valence-corrected chi connectivity index (χ3v) is 2.39. The normalized spacial score (nSPS) is 12.1. The van der Waals surface area contributed by atoms with Gasteiger partial charge in [-0.15, -0.1) is 0 Å². The van der Waals surface area contributed by atoms with Crippen LogP contribution in [-0.2, 0) is 9.53 Å². The highest BCUT2D eigenvalue weighted by Crippen LogP contribution is 2.16. The van der Waals surface area contributed by atoms with Crippen LogP contribution in [0.15, 0.2) is 28.7 Å². The van der Waals surface area contributed by atoms with E-state index >= 15 is 0 Å². The van der Waals surface area contributed by atoms with Crippen LogP contribution in [-0.4, -0.2) is 30.4 Å². The summed E-state index contributed by atoms with van der Waals surface area (Å²) in [6, 6.07) is 7.17. The van der Waals surface area contributed by atoms with Gasteiger partial charge in [0, 0.05) is 11.1 Å². The zero-order valence-electron chi connectivity index (χ0n) is 8.85. The third-order valence-electron chi connectivity index (χ3n) is 1.86. The summed E-state index contributed by atoms with van der Waals surface area (Å²) < 4.78 is 11.3. The Kier molecular flexibility index (Phi) is 5.28. The Morgan fingerprint density at radius 2 is 2.06 bits per heavy atom. The van der Waals surface area contributed by atoms with Crippen molar-refractivity contribution in [3.8, 4) is 5.75 Å². The SMILES string of the molecule is CCOC(COc1ccc(Br)cc1)C(=O)O. The molecule has 1 N–H and O–H groups in total. The molecule has 5 heteroatoms. The maximum Gasteiger partial charge on any atom is 0.336 e. The second-order valence-corrected chi connectivity index (χ2v) is 3.96. The van der Waals surface area contributed by atoms with Gasteiger partial charge in [-0.3, -0.25) is 0 Å². The van der Waals surface area contributed by atoms with E-state index in [-0.39, 0.29) is 6.61 Å². The van der Waals surface area contributed by atoms with Gasteiger partial charge >= 0.3 is 5.97 Å². The molecule has 0 saturated carbocycles. The average Bonchev–Trinajstić information content (AvgIpc) is 2.26. The molecule has 1 aromatic carbocycles. The topological polar surface area (TPSA) is 55.8 Å². The summed E-state index contributed by atoms with van der Waals surface area (Å²) in [6.45, 7) is 2.10. The molecule has 0 fully saturated rings. The summed E-state index contributed by atoms with van der Waals surface area (Å²) in [4.78, 5) is 10.8. The van der Waals surface area contributed by atoms with E-state index in [1.54, 1.807) is 19.1 Å². The monoisotopic (exact) mass is 288 g/mol. The van der Waals surface area contributed by atoms with Crippen molar-refractivity contribution in [2.45, 2.75) is 13.0 Å². The van der Waals surface area contributed by atoms with Crippen molar-refractivity contribution in [2.75, 3.05) is 13.2 Å². The number of benzene rings is 1. The number of rotatable bonds is 6. The van der Waals surface area contributed by atoms with Gasteiger partial charge in [-0.25, -0.2) is 4.79 Å². The Morgan fingerprint density at radius 3 is 2.56 bits per heavy atom. The standard InChI is InChI=1S/C11H13BrO4/c1-2-15-10(11(13)14)7-16-9-5-3-8(12)4-6-9/h3-6,10H,2,7H2,1H3,(H,13,14). The predicted molar refractivity (Wildman–Crippen MR) is 62.7 cm³/mol. The molecule has 0 heterocycles. The number of hydrogen-bond donors (Lipinski definition) is 1. The van der Waals surface area contributed by atoms with Gasteiger partial charge in [0.1, 0.15) is 12.4 Å². The minimum atomic E-state index is -1.01. The predicted octanol–water partition coefficient (Wildman–Crippen LogP) is 2.32. The van der Waals surface area contributed by atoms with Crippen molar-refractivity contribution in [1.29, 1.82) is 0 Å². The number of carboxylic acids is 1. The summed E-state index contributed by atoms with van der Waals surface area (Å²) in [5.41, 5.74) is 0. The minimum absolute atomic E-state index is 0.00477. The fraction of sp³-hybridized carbons (Fsp3) is 0.364. The minimum Gasteiger partial charge on any atom is -0.490 e. The molecule has 0 aromatic heterocycles. The van der Waals surface area contributed by atoms with Gasteiger partial charge in [0.05, 0.1) is 0 Å². The van der Waals surface area contributed by atoms with Crippen molar-refractivity contribution in [2.24, 2.45) is 0 Å². The van der Waals surface area contributed by atoms with Crippen LogP contribution in [0.2, 0.25) is 0 Å². The molecule has 1 unspecified atom stereocenters. The van der Waals surface area contributed by atoms with E-state index in [1.807, 2.05) is 12.1 Å². The van der Waals surface area contributed by atoms with Crippen LogP contribution in [0, 0.1) is 0 Å². The number of hydrogen-bond acceptors (Lipinski definition) is 3. The second-order valence-electron chi connectivity index (χ2n) is 3.05.